The Morgan fingerprint density at radius 3 is 2.25 bits per heavy atom. The molecule has 0 aromatic carbocycles. The van der Waals surface area contributed by atoms with Crippen LogP contribution in [0, 0.1) is 5.92 Å². The third-order valence-electron chi connectivity index (χ3n) is 3.72. The lowest BCUT2D eigenvalue weighted by atomic mass is 10.0. The van der Waals surface area contributed by atoms with E-state index in [1.54, 1.807) is 0 Å². The van der Waals surface area contributed by atoms with Crippen LogP contribution in [0.5, 0.6) is 0 Å². The molecule has 0 spiro atoms. The summed E-state index contributed by atoms with van der Waals surface area (Å²) in [5, 5.41) is 3.73. The van der Waals surface area contributed by atoms with Crippen molar-refractivity contribution < 1.29 is 0 Å². The van der Waals surface area contributed by atoms with Crippen LogP contribution in [0.4, 0.5) is 0 Å². The van der Waals surface area contributed by atoms with Crippen molar-refractivity contribution in [1.29, 1.82) is 0 Å². The summed E-state index contributed by atoms with van der Waals surface area (Å²) in [6.07, 6.45) is 14.3. The molecule has 0 heterocycles. The lowest BCUT2D eigenvalue weighted by Gasteiger charge is -2.17. The number of nitrogens with one attached hydrogen (secondary N) is 1. The number of hydrogen-bond donors (Lipinski definition) is 1. The molecule has 16 heavy (non-hydrogen) atoms. The van der Waals surface area contributed by atoms with E-state index >= 15 is 0 Å². The van der Waals surface area contributed by atoms with Gasteiger partial charge in [-0.1, -0.05) is 52.4 Å². The molecule has 0 radical (unpaired) electrons. The average Bonchev–Trinajstić information content (AvgIpc) is 3.11. The summed E-state index contributed by atoms with van der Waals surface area (Å²) < 4.78 is 0. The van der Waals surface area contributed by atoms with Crippen molar-refractivity contribution in [1.82, 2.24) is 5.32 Å². The SMILES string of the molecule is CCCCCCCCC(NCCC)C1CC1. The van der Waals surface area contributed by atoms with E-state index in [0.29, 0.717) is 0 Å². The molecule has 1 nitrogen and oxygen atoms in total. The average molecular weight is 225 g/mol. The molecule has 1 heteroatoms. The quantitative estimate of drug-likeness (QED) is 0.510. The Morgan fingerprint density at radius 2 is 1.62 bits per heavy atom. The topological polar surface area (TPSA) is 12.0 Å². The fourth-order valence-electron chi connectivity index (χ4n) is 2.48. The van der Waals surface area contributed by atoms with Crippen LogP contribution < -0.4 is 5.32 Å². The third-order valence-corrected chi connectivity index (χ3v) is 3.72. The summed E-state index contributed by atoms with van der Waals surface area (Å²) in [5.74, 6) is 1.03. The van der Waals surface area contributed by atoms with Crippen LogP contribution >= 0.6 is 0 Å². The smallest absolute Gasteiger partial charge is 0.00953 e. The van der Waals surface area contributed by atoms with E-state index in [0.717, 1.165) is 12.0 Å². The number of rotatable bonds is 11. The van der Waals surface area contributed by atoms with Crippen LogP contribution in [0.1, 0.15) is 78.1 Å². The predicted molar refractivity (Wildman–Crippen MR) is 72.8 cm³/mol. The van der Waals surface area contributed by atoms with Crippen LogP contribution in [0.3, 0.4) is 0 Å². The van der Waals surface area contributed by atoms with Crippen LogP contribution in [-0.2, 0) is 0 Å². The van der Waals surface area contributed by atoms with Gasteiger partial charge in [0.25, 0.3) is 0 Å². The summed E-state index contributed by atoms with van der Waals surface area (Å²) >= 11 is 0. The fraction of sp³-hybridized carbons (Fsp3) is 1.00. The van der Waals surface area contributed by atoms with Crippen molar-refractivity contribution >= 4 is 0 Å². The maximum absolute atomic E-state index is 3.73. The molecule has 0 bridgehead atoms. The molecule has 0 aliphatic heterocycles. The summed E-state index contributed by atoms with van der Waals surface area (Å²) in [6.45, 7) is 5.77. The van der Waals surface area contributed by atoms with Gasteiger partial charge in [-0.05, 0) is 38.1 Å². The zero-order valence-corrected chi connectivity index (χ0v) is 11.4. The van der Waals surface area contributed by atoms with Crippen LogP contribution in [0.2, 0.25) is 0 Å². The largest absolute Gasteiger partial charge is 0.314 e. The molecule has 1 unspecified atom stereocenters. The molecule has 0 aromatic rings. The minimum atomic E-state index is 0.853. The molecule has 0 aromatic heterocycles. The lowest BCUT2D eigenvalue weighted by molar-refractivity contribution is 0.415. The van der Waals surface area contributed by atoms with Crippen LogP contribution in [-0.4, -0.2) is 12.6 Å². The van der Waals surface area contributed by atoms with Gasteiger partial charge in [-0.25, -0.2) is 0 Å². The summed E-state index contributed by atoms with van der Waals surface area (Å²) in [6, 6.07) is 0.853. The predicted octanol–water partition coefficient (Wildman–Crippen LogP) is 4.52. The van der Waals surface area contributed by atoms with E-state index < -0.39 is 0 Å². The molecule has 1 rings (SSSR count). The first kappa shape index (κ1) is 14.0. The molecule has 1 N–H and O–H groups in total. The third kappa shape index (κ3) is 6.52. The Balaban J connectivity index is 1.95. The van der Waals surface area contributed by atoms with Gasteiger partial charge in [0.2, 0.25) is 0 Å². The Labute approximate surface area is 102 Å². The Kier molecular flexibility index (Phi) is 7.92. The normalized spacial score (nSPS) is 17.6. The van der Waals surface area contributed by atoms with Crippen molar-refractivity contribution in [2.45, 2.75) is 84.1 Å². The first-order chi connectivity index (χ1) is 7.88. The summed E-state index contributed by atoms with van der Waals surface area (Å²) in [5.41, 5.74) is 0. The second-order valence-electron chi connectivity index (χ2n) is 5.45. The van der Waals surface area contributed by atoms with Gasteiger partial charge in [0.15, 0.2) is 0 Å². The molecule has 96 valence electrons. The van der Waals surface area contributed by atoms with E-state index in [1.807, 2.05) is 0 Å². The molecule has 1 saturated carbocycles. The maximum atomic E-state index is 3.73. The zero-order chi connectivity index (χ0) is 11.6. The molecule has 1 aliphatic rings. The van der Waals surface area contributed by atoms with Gasteiger partial charge in [0.05, 0.1) is 0 Å². The van der Waals surface area contributed by atoms with Gasteiger partial charge in [-0.3, -0.25) is 0 Å². The van der Waals surface area contributed by atoms with E-state index in [-0.39, 0.29) is 0 Å². The molecule has 1 fully saturated rings. The second kappa shape index (κ2) is 9.04. The highest BCUT2D eigenvalue weighted by atomic mass is 14.9. The van der Waals surface area contributed by atoms with E-state index in [4.69, 9.17) is 0 Å². The Hall–Kier alpha value is -0.0400. The number of unbranched alkanes of at least 4 members (excludes halogenated alkanes) is 5. The maximum Gasteiger partial charge on any atom is 0.00953 e. The fourth-order valence-corrected chi connectivity index (χ4v) is 2.48. The van der Waals surface area contributed by atoms with Crippen molar-refractivity contribution in [2.24, 2.45) is 5.92 Å². The second-order valence-corrected chi connectivity index (χ2v) is 5.45. The van der Waals surface area contributed by atoms with E-state index in [1.165, 1.54) is 70.8 Å². The monoisotopic (exact) mass is 225 g/mol. The minimum absolute atomic E-state index is 0.853. The highest BCUT2D eigenvalue weighted by Gasteiger charge is 2.29. The molecule has 0 saturated heterocycles. The van der Waals surface area contributed by atoms with Gasteiger partial charge in [-0.15, -0.1) is 0 Å². The number of hydrogen-bond acceptors (Lipinski definition) is 1. The van der Waals surface area contributed by atoms with Gasteiger partial charge in [0.1, 0.15) is 0 Å². The van der Waals surface area contributed by atoms with Gasteiger partial charge in [0, 0.05) is 6.04 Å². The van der Waals surface area contributed by atoms with Crippen LogP contribution in [0.15, 0.2) is 0 Å². The van der Waals surface area contributed by atoms with Crippen molar-refractivity contribution in [3.05, 3.63) is 0 Å². The molecular weight excluding hydrogens is 194 g/mol. The van der Waals surface area contributed by atoms with Crippen molar-refractivity contribution in [3.8, 4) is 0 Å². The first-order valence-corrected chi connectivity index (χ1v) is 7.61. The van der Waals surface area contributed by atoms with Crippen LogP contribution in [0.25, 0.3) is 0 Å². The molecule has 1 aliphatic carbocycles. The molecule has 0 amide bonds. The van der Waals surface area contributed by atoms with Gasteiger partial charge in [-0.2, -0.15) is 0 Å². The van der Waals surface area contributed by atoms with E-state index in [2.05, 4.69) is 19.2 Å². The summed E-state index contributed by atoms with van der Waals surface area (Å²) in [4.78, 5) is 0. The molecule has 1 atom stereocenters. The van der Waals surface area contributed by atoms with Crippen molar-refractivity contribution in [3.63, 3.8) is 0 Å². The highest BCUT2D eigenvalue weighted by molar-refractivity contribution is 4.86. The standard InChI is InChI=1S/C15H31N/c1-3-5-6-7-8-9-10-15(14-11-12-14)16-13-4-2/h14-16H,3-13H2,1-2H3. The first-order valence-electron chi connectivity index (χ1n) is 7.61. The van der Waals surface area contributed by atoms with E-state index in [9.17, 15) is 0 Å². The summed E-state index contributed by atoms with van der Waals surface area (Å²) in [7, 11) is 0. The Morgan fingerprint density at radius 1 is 0.938 bits per heavy atom. The van der Waals surface area contributed by atoms with Gasteiger partial charge < -0.3 is 5.32 Å². The zero-order valence-electron chi connectivity index (χ0n) is 11.4. The molecular formula is C15H31N. The van der Waals surface area contributed by atoms with Gasteiger partial charge >= 0.3 is 0 Å². The Bertz CT molecular complexity index is 152. The highest BCUT2D eigenvalue weighted by Crippen LogP contribution is 2.34. The van der Waals surface area contributed by atoms with Crippen molar-refractivity contribution in [2.75, 3.05) is 6.54 Å². The minimum Gasteiger partial charge on any atom is -0.314 e. The lowest BCUT2D eigenvalue weighted by Crippen LogP contribution is -2.31.